The van der Waals surface area contributed by atoms with Gasteiger partial charge in [0, 0.05) is 18.5 Å². The van der Waals surface area contributed by atoms with E-state index in [0.29, 0.717) is 0 Å². The SMILES string of the molecule is Cc1cccc(CN2CCC(S(C)(=O)=O)CC2)n1. The third kappa shape index (κ3) is 3.53. The highest BCUT2D eigenvalue weighted by atomic mass is 32.2. The van der Waals surface area contributed by atoms with Crippen LogP contribution in [-0.4, -0.2) is 42.9 Å². The average Bonchev–Trinajstić information content (AvgIpc) is 2.28. The van der Waals surface area contributed by atoms with E-state index in [1.807, 2.05) is 25.1 Å². The molecule has 0 aromatic carbocycles. The first-order chi connectivity index (χ1) is 8.45. The maximum absolute atomic E-state index is 11.5. The number of aryl methyl sites for hydroxylation is 1. The zero-order valence-electron chi connectivity index (χ0n) is 11.0. The summed E-state index contributed by atoms with van der Waals surface area (Å²) < 4.78 is 22.9. The number of sulfone groups is 1. The molecule has 2 heterocycles. The molecule has 1 saturated heterocycles. The third-order valence-corrected chi connectivity index (χ3v) is 5.15. The van der Waals surface area contributed by atoms with Gasteiger partial charge in [0.15, 0.2) is 0 Å². The van der Waals surface area contributed by atoms with Crippen molar-refractivity contribution in [3.8, 4) is 0 Å². The zero-order chi connectivity index (χ0) is 13.2. The van der Waals surface area contributed by atoms with Gasteiger partial charge in [0.1, 0.15) is 9.84 Å². The Morgan fingerprint density at radius 3 is 2.56 bits per heavy atom. The highest BCUT2D eigenvalue weighted by Gasteiger charge is 2.26. The van der Waals surface area contributed by atoms with Crippen LogP contribution in [0, 0.1) is 6.92 Å². The van der Waals surface area contributed by atoms with Crippen LogP contribution in [0.5, 0.6) is 0 Å². The normalized spacial score (nSPS) is 19.0. The summed E-state index contributed by atoms with van der Waals surface area (Å²) in [6.07, 6.45) is 2.82. The molecule has 0 atom stereocenters. The first-order valence-corrected chi connectivity index (χ1v) is 8.24. The zero-order valence-corrected chi connectivity index (χ0v) is 11.8. The van der Waals surface area contributed by atoms with Gasteiger partial charge in [-0.05, 0) is 45.0 Å². The maximum atomic E-state index is 11.5. The Labute approximate surface area is 109 Å². The lowest BCUT2D eigenvalue weighted by Crippen LogP contribution is -2.38. The van der Waals surface area contributed by atoms with Crippen molar-refractivity contribution in [1.29, 1.82) is 0 Å². The van der Waals surface area contributed by atoms with Crippen molar-refractivity contribution in [2.24, 2.45) is 0 Å². The van der Waals surface area contributed by atoms with Gasteiger partial charge in [-0.3, -0.25) is 9.88 Å². The molecule has 0 radical (unpaired) electrons. The predicted molar refractivity (Wildman–Crippen MR) is 72.1 cm³/mol. The number of piperidine rings is 1. The van der Waals surface area contributed by atoms with E-state index in [1.165, 1.54) is 6.26 Å². The van der Waals surface area contributed by atoms with Crippen LogP contribution in [-0.2, 0) is 16.4 Å². The van der Waals surface area contributed by atoms with Crippen molar-refractivity contribution in [3.05, 3.63) is 29.6 Å². The Balaban J connectivity index is 1.91. The summed E-state index contributed by atoms with van der Waals surface area (Å²) in [4.78, 5) is 6.76. The van der Waals surface area contributed by atoms with Gasteiger partial charge in [0.2, 0.25) is 0 Å². The molecule has 1 fully saturated rings. The fourth-order valence-corrected chi connectivity index (χ4v) is 3.48. The lowest BCUT2D eigenvalue weighted by molar-refractivity contribution is 0.220. The van der Waals surface area contributed by atoms with Crippen LogP contribution in [0.25, 0.3) is 0 Å². The van der Waals surface area contributed by atoms with Crippen LogP contribution in [0.2, 0.25) is 0 Å². The molecule has 0 N–H and O–H groups in total. The predicted octanol–water partition coefficient (Wildman–Crippen LogP) is 1.40. The van der Waals surface area contributed by atoms with Crippen molar-refractivity contribution in [2.75, 3.05) is 19.3 Å². The lowest BCUT2D eigenvalue weighted by atomic mass is 10.1. The van der Waals surface area contributed by atoms with Crippen LogP contribution < -0.4 is 0 Å². The first kappa shape index (κ1) is 13.5. The molecular formula is C13H20N2O2S. The Kier molecular flexibility index (Phi) is 4.02. The standard InChI is InChI=1S/C13H20N2O2S/c1-11-4-3-5-12(14-11)10-15-8-6-13(7-9-15)18(2,16)17/h3-5,13H,6-10H2,1-2H3. The molecule has 0 saturated carbocycles. The Hall–Kier alpha value is -0.940. The van der Waals surface area contributed by atoms with E-state index in [9.17, 15) is 8.42 Å². The minimum absolute atomic E-state index is 0.154. The van der Waals surface area contributed by atoms with Crippen LogP contribution >= 0.6 is 0 Å². The van der Waals surface area contributed by atoms with Crippen LogP contribution in [0.4, 0.5) is 0 Å². The van der Waals surface area contributed by atoms with Crippen molar-refractivity contribution in [2.45, 2.75) is 31.6 Å². The summed E-state index contributed by atoms with van der Waals surface area (Å²) in [7, 11) is -2.87. The molecule has 0 aliphatic carbocycles. The Morgan fingerprint density at radius 2 is 2.00 bits per heavy atom. The number of pyridine rings is 1. The van der Waals surface area contributed by atoms with Crippen LogP contribution in [0.3, 0.4) is 0 Å². The third-order valence-electron chi connectivity index (χ3n) is 3.47. The molecule has 100 valence electrons. The molecular weight excluding hydrogens is 248 g/mol. The van der Waals surface area contributed by atoms with E-state index in [0.717, 1.165) is 43.9 Å². The molecule has 0 bridgehead atoms. The van der Waals surface area contributed by atoms with Crippen molar-refractivity contribution < 1.29 is 8.42 Å². The van der Waals surface area contributed by atoms with E-state index >= 15 is 0 Å². The highest BCUT2D eigenvalue weighted by Crippen LogP contribution is 2.18. The maximum Gasteiger partial charge on any atom is 0.150 e. The molecule has 1 aromatic heterocycles. The van der Waals surface area contributed by atoms with E-state index in [4.69, 9.17) is 0 Å². The molecule has 2 rings (SSSR count). The van der Waals surface area contributed by atoms with Gasteiger partial charge in [-0.1, -0.05) is 6.07 Å². The molecule has 0 spiro atoms. The van der Waals surface area contributed by atoms with E-state index in [-0.39, 0.29) is 5.25 Å². The summed E-state index contributed by atoms with van der Waals surface area (Å²) in [5, 5.41) is -0.154. The number of hydrogen-bond donors (Lipinski definition) is 0. The Bertz CT molecular complexity index is 505. The highest BCUT2D eigenvalue weighted by molar-refractivity contribution is 7.91. The number of hydrogen-bond acceptors (Lipinski definition) is 4. The summed E-state index contributed by atoms with van der Waals surface area (Å²) in [5.74, 6) is 0. The van der Waals surface area contributed by atoms with Crippen molar-refractivity contribution in [3.63, 3.8) is 0 Å². The molecule has 1 aromatic rings. The van der Waals surface area contributed by atoms with Crippen LogP contribution in [0.1, 0.15) is 24.2 Å². The minimum Gasteiger partial charge on any atom is -0.297 e. The average molecular weight is 268 g/mol. The van der Waals surface area contributed by atoms with E-state index < -0.39 is 9.84 Å². The summed E-state index contributed by atoms with van der Waals surface area (Å²) in [6, 6.07) is 6.02. The van der Waals surface area contributed by atoms with Crippen LogP contribution in [0.15, 0.2) is 18.2 Å². The van der Waals surface area contributed by atoms with Gasteiger partial charge < -0.3 is 0 Å². The summed E-state index contributed by atoms with van der Waals surface area (Å²) in [5.41, 5.74) is 2.09. The molecule has 0 unspecified atom stereocenters. The summed E-state index contributed by atoms with van der Waals surface area (Å²) >= 11 is 0. The van der Waals surface area contributed by atoms with Gasteiger partial charge in [0.25, 0.3) is 0 Å². The molecule has 1 aliphatic rings. The molecule has 0 amide bonds. The smallest absolute Gasteiger partial charge is 0.150 e. The lowest BCUT2D eigenvalue weighted by Gasteiger charge is -2.30. The first-order valence-electron chi connectivity index (χ1n) is 6.29. The number of likely N-dealkylation sites (tertiary alicyclic amines) is 1. The van der Waals surface area contributed by atoms with Gasteiger partial charge in [-0.2, -0.15) is 0 Å². The number of aromatic nitrogens is 1. The largest absolute Gasteiger partial charge is 0.297 e. The summed E-state index contributed by atoms with van der Waals surface area (Å²) in [6.45, 7) is 4.48. The van der Waals surface area contributed by atoms with Crippen molar-refractivity contribution >= 4 is 9.84 Å². The number of nitrogens with zero attached hydrogens (tertiary/aromatic N) is 2. The van der Waals surface area contributed by atoms with E-state index in [2.05, 4.69) is 9.88 Å². The second kappa shape index (κ2) is 5.36. The second-order valence-corrected chi connectivity index (χ2v) is 7.40. The monoisotopic (exact) mass is 268 g/mol. The van der Waals surface area contributed by atoms with Crippen molar-refractivity contribution in [1.82, 2.24) is 9.88 Å². The Morgan fingerprint density at radius 1 is 1.33 bits per heavy atom. The molecule has 5 heteroatoms. The molecule has 4 nitrogen and oxygen atoms in total. The van der Waals surface area contributed by atoms with Gasteiger partial charge in [-0.15, -0.1) is 0 Å². The number of rotatable bonds is 3. The topological polar surface area (TPSA) is 50.3 Å². The molecule has 1 aliphatic heterocycles. The fourth-order valence-electron chi connectivity index (χ4n) is 2.41. The fraction of sp³-hybridized carbons (Fsp3) is 0.615. The second-order valence-electron chi connectivity index (χ2n) is 5.08. The van der Waals surface area contributed by atoms with Gasteiger partial charge in [-0.25, -0.2) is 8.42 Å². The van der Waals surface area contributed by atoms with E-state index in [1.54, 1.807) is 0 Å². The quantitative estimate of drug-likeness (QED) is 0.831. The minimum atomic E-state index is -2.87. The molecule has 18 heavy (non-hydrogen) atoms. The van der Waals surface area contributed by atoms with Gasteiger partial charge >= 0.3 is 0 Å². The van der Waals surface area contributed by atoms with Gasteiger partial charge in [0.05, 0.1) is 10.9 Å².